The Kier molecular flexibility index (Phi) is 9.00. The monoisotopic (exact) mass is 334 g/mol. The summed E-state index contributed by atoms with van der Waals surface area (Å²) in [6.45, 7) is 11.3. The van der Waals surface area contributed by atoms with Crippen LogP contribution in [0.1, 0.15) is 58.8 Å². The molecule has 0 aromatic rings. The zero-order valence-corrected chi connectivity index (χ0v) is 15.9. The molecule has 0 aromatic heterocycles. The lowest BCUT2D eigenvalue weighted by Gasteiger charge is -2.43. The minimum absolute atomic E-state index is 0.538. The second-order valence-corrected chi connectivity index (χ2v) is 7.38. The van der Waals surface area contributed by atoms with Crippen LogP contribution in [-0.4, -0.2) is 61.3 Å². The molecular weight excluding hydrogens is 296 g/mol. The molecular formula is C20H38N4. The maximum Gasteiger partial charge on any atom is 0.0459 e. The number of unbranched alkanes of at least 4 members (excludes halogenated alkanes) is 3. The van der Waals surface area contributed by atoms with Crippen molar-refractivity contribution < 1.29 is 0 Å². The molecule has 2 unspecified atom stereocenters. The van der Waals surface area contributed by atoms with Crippen molar-refractivity contribution in [3.63, 3.8) is 0 Å². The van der Waals surface area contributed by atoms with E-state index in [1.165, 1.54) is 64.7 Å². The fraction of sp³-hybridized carbons (Fsp3) is 0.850. The summed E-state index contributed by atoms with van der Waals surface area (Å²) in [7, 11) is 0. The van der Waals surface area contributed by atoms with Crippen LogP contribution in [0.3, 0.4) is 0 Å². The van der Waals surface area contributed by atoms with Gasteiger partial charge >= 0.3 is 0 Å². The van der Waals surface area contributed by atoms with Crippen LogP contribution in [0.25, 0.3) is 0 Å². The SMILES string of the molecule is CCCCCC1C=NC=C1C1CN(CCCC)CCN1CCCN. The van der Waals surface area contributed by atoms with E-state index in [2.05, 4.69) is 41.1 Å². The number of hydrogen-bond donors (Lipinski definition) is 1. The number of rotatable bonds is 11. The van der Waals surface area contributed by atoms with Gasteiger partial charge in [0.2, 0.25) is 0 Å². The van der Waals surface area contributed by atoms with E-state index in [4.69, 9.17) is 5.73 Å². The summed E-state index contributed by atoms with van der Waals surface area (Å²) in [6.07, 6.45) is 13.3. The molecule has 4 heteroatoms. The normalized spacial score (nSPS) is 25.4. The Morgan fingerprint density at radius 2 is 1.92 bits per heavy atom. The molecule has 1 fully saturated rings. The highest BCUT2D eigenvalue weighted by molar-refractivity contribution is 5.69. The van der Waals surface area contributed by atoms with Gasteiger partial charge in [-0.05, 0) is 37.9 Å². The molecule has 0 radical (unpaired) electrons. The Bertz CT molecular complexity index is 404. The molecule has 2 heterocycles. The number of piperazine rings is 1. The van der Waals surface area contributed by atoms with Crippen molar-refractivity contribution in [1.82, 2.24) is 9.80 Å². The highest BCUT2D eigenvalue weighted by atomic mass is 15.3. The van der Waals surface area contributed by atoms with E-state index in [1.807, 2.05) is 0 Å². The van der Waals surface area contributed by atoms with Gasteiger partial charge in [-0.2, -0.15) is 0 Å². The molecule has 0 spiro atoms. The van der Waals surface area contributed by atoms with Crippen molar-refractivity contribution >= 4 is 6.21 Å². The van der Waals surface area contributed by atoms with Crippen molar-refractivity contribution in [1.29, 1.82) is 0 Å². The minimum Gasteiger partial charge on any atom is -0.330 e. The maximum absolute atomic E-state index is 5.77. The summed E-state index contributed by atoms with van der Waals surface area (Å²) >= 11 is 0. The van der Waals surface area contributed by atoms with Crippen LogP contribution >= 0.6 is 0 Å². The quantitative estimate of drug-likeness (QED) is 0.590. The Labute approximate surface area is 149 Å². The highest BCUT2D eigenvalue weighted by Gasteiger charge is 2.33. The minimum atomic E-state index is 0.538. The van der Waals surface area contributed by atoms with Crippen LogP contribution in [0.15, 0.2) is 16.8 Å². The van der Waals surface area contributed by atoms with Gasteiger partial charge in [-0.15, -0.1) is 0 Å². The summed E-state index contributed by atoms with van der Waals surface area (Å²) in [4.78, 5) is 9.88. The van der Waals surface area contributed by atoms with Crippen LogP contribution in [0.4, 0.5) is 0 Å². The Balaban J connectivity index is 1.99. The number of nitrogens with zero attached hydrogens (tertiary/aromatic N) is 3. The third kappa shape index (κ3) is 5.68. The van der Waals surface area contributed by atoms with Crippen LogP contribution in [0.2, 0.25) is 0 Å². The molecule has 2 rings (SSSR count). The van der Waals surface area contributed by atoms with Gasteiger partial charge in [0.1, 0.15) is 0 Å². The predicted molar refractivity (Wildman–Crippen MR) is 105 cm³/mol. The molecule has 0 saturated carbocycles. The third-order valence-electron chi connectivity index (χ3n) is 5.47. The lowest BCUT2D eigenvalue weighted by atomic mass is 9.89. The Morgan fingerprint density at radius 1 is 1.08 bits per heavy atom. The van der Waals surface area contributed by atoms with Gasteiger partial charge in [0.05, 0.1) is 0 Å². The van der Waals surface area contributed by atoms with Gasteiger partial charge in [0, 0.05) is 50.6 Å². The van der Waals surface area contributed by atoms with Crippen LogP contribution in [-0.2, 0) is 0 Å². The van der Waals surface area contributed by atoms with E-state index in [-0.39, 0.29) is 0 Å². The highest BCUT2D eigenvalue weighted by Crippen LogP contribution is 2.29. The van der Waals surface area contributed by atoms with E-state index < -0.39 is 0 Å². The topological polar surface area (TPSA) is 44.9 Å². The summed E-state index contributed by atoms with van der Waals surface area (Å²) in [5.74, 6) is 0.563. The van der Waals surface area contributed by atoms with Crippen molar-refractivity contribution in [2.75, 3.05) is 39.3 Å². The van der Waals surface area contributed by atoms with E-state index in [0.717, 1.165) is 19.5 Å². The predicted octanol–water partition coefficient (Wildman–Crippen LogP) is 3.29. The van der Waals surface area contributed by atoms with Crippen molar-refractivity contribution in [3.05, 3.63) is 11.8 Å². The first-order valence-electron chi connectivity index (χ1n) is 10.2. The van der Waals surface area contributed by atoms with E-state index in [9.17, 15) is 0 Å². The number of nitrogens with two attached hydrogens (primary N) is 1. The lowest BCUT2D eigenvalue weighted by molar-refractivity contribution is 0.0871. The van der Waals surface area contributed by atoms with Crippen LogP contribution < -0.4 is 5.73 Å². The molecule has 2 N–H and O–H groups in total. The van der Waals surface area contributed by atoms with Gasteiger partial charge in [0.25, 0.3) is 0 Å². The van der Waals surface area contributed by atoms with Gasteiger partial charge < -0.3 is 10.6 Å². The van der Waals surface area contributed by atoms with Gasteiger partial charge in [0.15, 0.2) is 0 Å². The molecule has 2 aliphatic rings. The average molecular weight is 335 g/mol. The smallest absolute Gasteiger partial charge is 0.0459 e. The first-order chi connectivity index (χ1) is 11.8. The molecule has 2 aliphatic heterocycles. The standard InChI is InChI=1S/C20H38N4/c1-3-5-7-9-18-15-22-16-19(18)20-17-23(11-6-4-2)13-14-24(20)12-8-10-21/h15-16,18,20H,3-14,17,21H2,1-2H3. The lowest BCUT2D eigenvalue weighted by Crippen LogP contribution is -2.54. The molecule has 1 saturated heterocycles. The molecule has 0 bridgehead atoms. The molecule has 24 heavy (non-hydrogen) atoms. The van der Waals surface area contributed by atoms with Crippen LogP contribution in [0, 0.1) is 5.92 Å². The van der Waals surface area contributed by atoms with Crippen molar-refractivity contribution in [2.45, 2.75) is 64.8 Å². The second-order valence-electron chi connectivity index (χ2n) is 7.38. The summed E-state index contributed by atoms with van der Waals surface area (Å²) < 4.78 is 0. The first-order valence-corrected chi connectivity index (χ1v) is 10.2. The average Bonchev–Trinajstić information content (AvgIpc) is 3.07. The van der Waals surface area contributed by atoms with Gasteiger partial charge in [-0.1, -0.05) is 39.5 Å². The first kappa shape index (κ1) is 19.6. The van der Waals surface area contributed by atoms with Gasteiger partial charge in [-0.3, -0.25) is 9.89 Å². The summed E-state index contributed by atoms with van der Waals surface area (Å²) in [6, 6.07) is 0.538. The molecule has 2 atom stereocenters. The summed E-state index contributed by atoms with van der Waals surface area (Å²) in [5.41, 5.74) is 7.33. The molecule has 4 nitrogen and oxygen atoms in total. The number of hydrogen-bond acceptors (Lipinski definition) is 4. The third-order valence-corrected chi connectivity index (χ3v) is 5.47. The van der Waals surface area contributed by atoms with Crippen molar-refractivity contribution in [3.8, 4) is 0 Å². The largest absolute Gasteiger partial charge is 0.330 e. The van der Waals surface area contributed by atoms with Gasteiger partial charge in [-0.25, -0.2) is 0 Å². The zero-order chi connectivity index (χ0) is 17.2. The van der Waals surface area contributed by atoms with E-state index in [1.54, 1.807) is 5.57 Å². The van der Waals surface area contributed by atoms with Crippen molar-refractivity contribution in [2.24, 2.45) is 16.6 Å². The molecule has 138 valence electrons. The fourth-order valence-corrected chi connectivity index (χ4v) is 3.94. The fourth-order valence-electron chi connectivity index (χ4n) is 3.94. The van der Waals surface area contributed by atoms with E-state index >= 15 is 0 Å². The van der Waals surface area contributed by atoms with Crippen LogP contribution in [0.5, 0.6) is 0 Å². The van der Waals surface area contributed by atoms with E-state index in [0.29, 0.717) is 12.0 Å². The number of aliphatic imine (C=N–C) groups is 1. The zero-order valence-electron chi connectivity index (χ0n) is 15.9. The second kappa shape index (κ2) is 11.0. The molecule has 0 aromatic carbocycles. The maximum atomic E-state index is 5.77. The Hall–Kier alpha value is -0.710. The molecule has 0 amide bonds. The summed E-state index contributed by atoms with van der Waals surface area (Å²) in [5, 5.41) is 0. The Morgan fingerprint density at radius 3 is 2.67 bits per heavy atom. The molecule has 0 aliphatic carbocycles.